The first-order chi connectivity index (χ1) is 26.9. The average Bonchev–Trinajstić information content (AvgIpc) is 3.67. The molecule has 310 valence electrons. The van der Waals surface area contributed by atoms with Crippen LogP contribution in [0.2, 0.25) is 0 Å². The number of nitrogens with one attached hydrogen (secondary N) is 2. The number of piperidine rings is 1. The maximum absolute atomic E-state index is 14.0. The molecule has 0 spiro atoms. The van der Waals surface area contributed by atoms with Crippen LogP contribution in [0.15, 0.2) is 59.5 Å². The van der Waals surface area contributed by atoms with E-state index in [9.17, 15) is 49.1 Å². The van der Waals surface area contributed by atoms with Gasteiger partial charge in [-0.1, -0.05) is 12.1 Å². The Kier molecular flexibility index (Phi) is 14.2. The average molecular weight is 827 g/mol. The number of carboxylic acids is 1. The first-order valence-electron chi connectivity index (χ1n) is 18.7. The molecule has 57 heavy (non-hydrogen) atoms. The molecule has 0 bridgehead atoms. The Bertz CT molecular complexity index is 1970. The molecule has 0 saturated carbocycles. The highest BCUT2D eigenvalue weighted by molar-refractivity contribution is 7.89. The van der Waals surface area contributed by atoms with Crippen LogP contribution in [-0.2, 0) is 38.4 Å². The van der Waals surface area contributed by atoms with E-state index in [4.69, 9.17) is 5.11 Å². The maximum atomic E-state index is 14.0. The lowest BCUT2D eigenvalue weighted by Crippen LogP contribution is -2.38. The number of benzene rings is 2. The number of alkyl halides is 6. The zero-order valence-electron chi connectivity index (χ0n) is 30.9. The zero-order valence-corrected chi connectivity index (χ0v) is 31.7. The molecular weight excluding hydrogens is 783 g/mol. The van der Waals surface area contributed by atoms with Gasteiger partial charge in [-0.3, -0.25) is 9.59 Å². The van der Waals surface area contributed by atoms with E-state index in [1.54, 1.807) is 9.80 Å². The van der Waals surface area contributed by atoms with E-state index in [2.05, 4.69) is 20.0 Å². The molecule has 2 saturated heterocycles. The van der Waals surface area contributed by atoms with Crippen LogP contribution in [0.5, 0.6) is 0 Å². The van der Waals surface area contributed by atoms with E-state index in [1.165, 1.54) is 42.5 Å². The fourth-order valence-corrected chi connectivity index (χ4v) is 8.10. The molecule has 1 aromatic heterocycles. The number of aromatic carboxylic acids is 1. The number of hydrogen-bond donors (Lipinski definition) is 3. The number of nitrogens with zero attached hydrogens (tertiary/aromatic N) is 4. The van der Waals surface area contributed by atoms with Gasteiger partial charge in [0.25, 0.3) is 0 Å². The van der Waals surface area contributed by atoms with Crippen LogP contribution < -0.4 is 19.8 Å². The number of aromatic nitrogens is 2. The van der Waals surface area contributed by atoms with E-state index >= 15 is 0 Å². The van der Waals surface area contributed by atoms with E-state index < -0.39 is 45.8 Å². The van der Waals surface area contributed by atoms with Crippen LogP contribution in [0, 0.1) is 5.92 Å². The van der Waals surface area contributed by atoms with Gasteiger partial charge in [-0.2, -0.15) is 26.3 Å². The van der Waals surface area contributed by atoms with Crippen molar-refractivity contribution in [3.63, 3.8) is 0 Å². The van der Waals surface area contributed by atoms with Gasteiger partial charge in [0.1, 0.15) is 11.6 Å². The second-order valence-corrected chi connectivity index (χ2v) is 15.9. The predicted octanol–water partition coefficient (Wildman–Crippen LogP) is 6.25. The van der Waals surface area contributed by atoms with Crippen molar-refractivity contribution >= 4 is 39.3 Å². The van der Waals surface area contributed by atoms with Gasteiger partial charge in [-0.25, -0.2) is 27.9 Å². The normalized spacial score (nSPS) is 16.8. The monoisotopic (exact) mass is 826 g/mol. The van der Waals surface area contributed by atoms with Crippen molar-refractivity contribution in [1.82, 2.24) is 20.0 Å². The predicted molar refractivity (Wildman–Crippen MR) is 197 cm³/mol. The molecule has 2 aliphatic rings. The summed E-state index contributed by atoms with van der Waals surface area (Å²) in [5.41, 5.74) is -0.170. The third kappa shape index (κ3) is 12.1. The Morgan fingerprint density at radius 1 is 0.807 bits per heavy atom. The Balaban J connectivity index is 1.07. The highest BCUT2D eigenvalue weighted by Gasteiger charge is 2.39. The lowest BCUT2D eigenvalue weighted by Gasteiger charge is -2.34. The van der Waals surface area contributed by atoms with Gasteiger partial charge in [0, 0.05) is 51.6 Å². The van der Waals surface area contributed by atoms with Crippen LogP contribution in [0.1, 0.15) is 85.1 Å². The summed E-state index contributed by atoms with van der Waals surface area (Å²) in [4.78, 5) is 47.6. The van der Waals surface area contributed by atoms with Crippen molar-refractivity contribution in [2.75, 3.05) is 42.5 Å². The van der Waals surface area contributed by atoms with E-state index in [1.807, 2.05) is 0 Å². The fourth-order valence-electron chi connectivity index (χ4n) is 7.07. The van der Waals surface area contributed by atoms with Crippen molar-refractivity contribution in [2.24, 2.45) is 5.92 Å². The standard InChI is InChI=1S/C38H44F6N6O6S/c39-37(40,41)28-13-9-25(10-14-28)4-1-7-31(51)30-6-3-21-50(30)33-24-32(47-36(48-33)38(42,43)44)49-22-17-26(18-23-49)5-2-8-34(52)45-19-20-46-57(55,56)29-15-11-27(12-16-29)35(53)54/h9-16,24,26,30,46H,1-8,17-23H2,(H,45,52)(H,53,54)/t30-/m0/s1. The molecule has 2 aromatic carbocycles. The number of anilines is 2. The summed E-state index contributed by atoms with van der Waals surface area (Å²) in [6.45, 7) is 1.16. The molecule has 0 aliphatic carbocycles. The minimum atomic E-state index is -4.83. The number of Topliss-reactive ketones (excluding diaryl/α,β-unsaturated/α-hetero) is 1. The van der Waals surface area contributed by atoms with Crippen molar-refractivity contribution in [3.05, 3.63) is 77.1 Å². The Labute approximate surface area is 326 Å². The lowest BCUT2D eigenvalue weighted by molar-refractivity contribution is -0.144. The van der Waals surface area contributed by atoms with Crippen LogP contribution in [0.25, 0.3) is 0 Å². The summed E-state index contributed by atoms with van der Waals surface area (Å²) in [5.74, 6) is -2.57. The van der Waals surface area contributed by atoms with Gasteiger partial charge in [-0.15, -0.1) is 0 Å². The third-order valence-electron chi connectivity index (χ3n) is 10.1. The minimum absolute atomic E-state index is 0.0150. The molecule has 19 heteroatoms. The van der Waals surface area contributed by atoms with E-state index in [0.717, 1.165) is 12.1 Å². The Hall–Kier alpha value is -4.78. The molecule has 3 heterocycles. The van der Waals surface area contributed by atoms with Crippen molar-refractivity contribution in [2.45, 2.75) is 87.5 Å². The molecule has 3 aromatic rings. The topological polar surface area (TPSA) is 162 Å². The van der Waals surface area contributed by atoms with Crippen molar-refractivity contribution < 1.29 is 54.3 Å². The summed E-state index contributed by atoms with van der Waals surface area (Å²) in [5, 5.41) is 11.6. The number of hydrogen-bond acceptors (Lipinski definition) is 9. The van der Waals surface area contributed by atoms with Gasteiger partial charge in [0.15, 0.2) is 5.78 Å². The van der Waals surface area contributed by atoms with Crippen molar-refractivity contribution in [3.8, 4) is 0 Å². The van der Waals surface area contributed by atoms with Crippen LogP contribution in [0.4, 0.5) is 38.0 Å². The number of amides is 1. The second kappa shape index (κ2) is 18.7. The number of ketones is 1. The molecule has 1 amide bonds. The highest BCUT2D eigenvalue weighted by atomic mass is 32.2. The summed E-state index contributed by atoms with van der Waals surface area (Å²) in [6.07, 6.45) is -4.63. The molecule has 5 rings (SSSR count). The molecule has 2 fully saturated rings. The Morgan fingerprint density at radius 2 is 1.47 bits per heavy atom. The van der Waals surface area contributed by atoms with Gasteiger partial charge in [0.2, 0.25) is 21.8 Å². The SMILES string of the molecule is O=C(CCCC1CCN(c2cc(N3CCC[C@H]3C(=O)CCCc3ccc(C(F)(F)F)cc3)nc(C(F)(F)F)n2)CC1)NCCNS(=O)(=O)c1ccc(C(=O)O)cc1. The minimum Gasteiger partial charge on any atom is -0.478 e. The molecule has 3 N–H and O–H groups in total. The Morgan fingerprint density at radius 3 is 2.11 bits per heavy atom. The largest absolute Gasteiger partial charge is 0.478 e. The number of sulfonamides is 1. The summed E-state index contributed by atoms with van der Waals surface area (Å²) in [6, 6.07) is 10.2. The first kappa shape index (κ1) is 43.3. The number of rotatable bonds is 17. The first-order valence-corrected chi connectivity index (χ1v) is 20.2. The molecule has 2 aliphatic heterocycles. The number of carbonyl (C=O) groups is 3. The quantitative estimate of drug-likeness (QED) is 0.105. The number of carbonyl (C=O) groups excluding carboxylic acids is 2. The molecule has 12 nitrogen and oxygen atoms in total. The highest BCUT2D eigenvalue weighted by Crippen LogP contribution is 2.35. The number of halogens is 6. The maximum Gasteiger partial charge on any atom is 0.451 e. The number of aryl methyl sites for hydroxylation is 1. The van der Waals surface area contributed by atoms with Crippen molar-refractivity contribution in [1.29, 1.82) is 0 Å². The summed E-state index contributed by atoms with van der Waals surface area (Å²) in [7, 11) is -3.90. The molecule has 0 radical (unpaired) electrons. The smallest absolute Gasteiger partial charge is 0.451 e. The van der Waals surface area contributed by atoms with Gasteiger partial charge >= 0.3 is 18.3 Å². The van der Waals surface area contributed by atoms with E-state index in [0.29, 0.717) is 76.6 Å². The molecular formula is C38H44F6N6O6S. The number of carboxylic acid groups (broad SMARTS) is 1. The van der Waals surface area contributed by atoms with Gasteiger partial charge in [0.05, 0.1) is 22.1 Å². The van der Waals surface area contributed by atoms with Gasteiger partial charge < -0.3 is 20.2 Å². The van der Waals surface area contributed by atoms with Crippen LogP contribution >= 0.6 is 0 Å². The van der Waals surface area contributed by atoms with Gasteiger partial charge in [-0.05, 0) is 99.2 Å². The molecule has 0 unspecified atom stereocenters. The zero-order chi connectivity index (χ0) is 41.4. The summed E-state index contributed by atoms with van der Waals surface area (Å²) >= 11 is 0. The lowest BCUT2D eigenvalue weighted by atomic mass is 9.91. The van der Waals surface area contributed by atoms with Crippen LogP contribution in [0.3, 0.4) is 0 Å². The molecule has 1 atom stereocenters. The second-order valence-electron chi connectivity index (χ2n) is 14.2. The fraction of sp³-hybridized carbons (Fsp3) is 0.500. The third-order valence-corrected chi connectivity index (χ3v) is 11.6. The van der Waals surface area contributed by atoms with E-state index in [-0.39, 0.29) is 65.6 Å². The summed E-state index contributed by atoms with van der Waals surface area (Å²) < 4.78 is 108. The van der Waals surface area contributed by atoms with Crippen LogP contribution in [-0.4, -0.2) is 79.9 Å².